The second kappa shape index (κ2) is 6.92. The molecule has 1 amide bonds. The first-order chi connectivity index (χ1) is 8.93. The standard InChI is InChI=1S/C13H23N5O/c1-5-6-15-10-7-11(17-9(4)16-10)18-12(8(2)3)13(14)19/h7-8,12H,5-6H2,1-4H3,(H2,14,19)(H2,15,16,17,18). The number of nitrogens with two attached hydrogens (primary N) is 1. The number of aryl methyl sites for hydroxylation is 1. The predicted molar refractivity (Wildman–Crippen MR) is 77.0 cm³/mol. The fraction of sp³-hybridized carbons (Fsp3) is 0.615. The molecule has 0 aliphatic rings. The van der Waals surface area contributed by atoms with E-state index < -0.39 is 6.04 Å². The molecule has 0 bridgehead atoms. The SMILES string of the molecule is CCCNc1cc(NC(C(N)=O)C(C)C)nc(C)n1. The summed E-state index contributed by atoms with van der Waals surface area (Å²) in [5, 5.41) is 6.27. The maximum atomic E-state index is 11.4. The molecule has 1 heterocycles. The number of aromatic nitrogens is 2. The molecule has 0 aliphatic heterocycles. The van der Waals surface area contributed by atoms with Crippen LogP contribution in [0.3, 0.4) is 0 Å². The van der Waals surface area contributed by atoms with E-state index in [0.717, 1.165) is 18.8 Å². The van der Waals surface area contributed by atoms with Crippen LogP contribution in [0.25, 0.3) is 0 Å². The summed E-state index contributed by atoms with van der Waals surface area (Å²) < 4.78 is 0. The highest BCUT2D eigenvalue weighted by atomic mass is 16.1. The lowest BCUT2D eigenvalue weighted by Crippen LogP contribution is -2.39. The zero-order chi connectivity index (χ0) is 14.4. The Morgan fingerprint density at radius 2 is 2.00 bits per heavy atom. The number of carbonyl (C=O) groups excluding carboxylic acids is 1. The van der Waals surface area contributed by atoms with Crippen LogP contribution in [-0.2, 0) is 4.79 Å². The van der Waals surface area contributed by atoms with Crippen LogP contribution in [-0.4, -0.2) is 28.5 Å². The average molecular weight is 265 g/mol. The van der Waals surface area contributed by atoms with Gasteiger partial charge in [-0.15, -0.1) is 0 Å². The molecule has 0 aromatic carbocycles. The molecular formula is C13H23N5O. The number of anilines is 2. The summed E-state index contributed by atoms with van der Waals surface area (Å²) in [6, 6.07) is 1.36. The first-order valence-electron chi connectivity index (χ1n) is 6.59. The summed E-state index contributed by atoms with van der Waals surface area (Å²) in [6.45, 7) is 8.62. The molecule has 0 radical (unpaired) electrons. The summed E-state index contributed by atoms with van der Waals surface area (Å²) in [5.41, 5.74) is 5.38. The Kier molecular flexibility index (Phi) is 5.54. The van der Waals surface area contributed by atoms with Gasteiger partial charge in [-0.3, -0.25) is 4.79 Å². The fourth-order valence-corrected chi connectivity index (χ4v) is 1.71. The molecule has 4 N–H and O–H groups in total. The van der Waals surface area contributed by atoms with E-state index in [0.29, 0.717) is 11.6 Å². The monoisotopic (exact) mass is 265 g/mol. The van der Waals surface area contributed by atoms with Crippen LogP contribution in [0.1, 0.15) is 33.0 Å². The molecule has 0 spiro atoms. The lowest BCUT2D eigenvalue weighted by Gasteiger charge is -2.20. The number of primary amides is 1. The normalized spacial score (nSPS) is 12.3. The van der Waals surface area contributed by atoms with Crippen LogP contribution in [0.2, 0.25) is 0 Å². The molecule has 19 heavy (non-hydrogen) atoms. The maximum Gasteiger partial charge on any atom is 0.240 e. The molecule has 1 aromatic rings. The third-order valence-corrected chi connectivity index (χ3v) is 2.67. The Labute approximate surface area is 114 Å². The number of nitrogens with one attached hydrogen (secondary N) is 2. The minimum absolute atomic E-state index is 0.0971. The lowest BCUT2D eigenvalue weighted by atomic mass is 10.0. The van der Waals surface area contributed by atoms with Crippen LogP contribution in [0.15, 0.2) is 6.07 Å². The van der Waals surface area contributed by atoms with E-state index in [-0.39, 0.29) is 11.8 Å². The van der Waals surface area contributed by atoms with Crippen molar-refractivity contribution in [2.24, 2.45) is 11.7 Å². The molecule has 0 saturated heterocycles. The van der Waals surface area contributed by atoms with E-state index in [2.05, 4.69) is 27.5 Å². The van der Waals surface area contributed by atoms with Gasteiger partial charge in [0.25, 0.3) is 0 Å². The van der Waals surface area contributed by atoms with E-state index >= 15 is 0 Å². The molecular weight excluding hydrogens is 242 g/mol. The van der Waals surface area contributed by atoms with E-state index in [1.54, 1.807) is 6.07 Å². The minimum atomic E-state index is -0.437. The van der Waals surface area contributed by atoms with Crippen LogP contribution in [0, 0.1) is 12.8 Å². The molecule has 6 heteroatoms. The highest BCUT2D eigenvalue weighted by Gasteiger charge is 2.19. The summed E-state index contributed by atoms with van der Waals surface area (Å²) in [7, 11) is 0. The molecule has 0 saturated carbocycles. The topological polar surface area (TPSA) is 92.9 Å². The van der Waals surface area contributed by atoms with Gasteiger partial charge in [-0.25, -0.2) is 9.97 Å². The first-order valence-corrected chi connectivity index (χ1v) is 6.59. The van der Waals surface area contributed by atoms with Gasteiger partial charge in [0.05, 0.1) is 0 Å². The first kappa shape index (κ1) is 15.2. The van der Waals surface area contributed by atoms with E-state index in [1.165, 1.54) is 0 Å². The maximum absolute atomic E-state index is 11.4. The summed E-state index contributed by atoms with van der Waals surface area (Å²) >= 11 is 0. The average Bonchev–Trinajstić information content (AvgIpc) is 2.32. The van der Waals surface area contributed by atoms with Crippen molar-refractivity contribution in [2.75, 3.05) is 17.2 Å². The van der Waals surface area contributed by atoms with E-state index in [4.69, 9.17) is 5.73 Å². The van der Waals surface area contributed by atoms with Gasteiger partial charge in [0, 0.05) is 12.6 Å². The highest BCUT2D eigenvalue weighted by Crippen LogP contribution is 2.14. The van der Waals surface area contributed by atoms with Crippen molar-refractivity contribution in [3.05, 3.63) is 11.9 Å². The number of carbonyl (C=O) groups is 1. The van der Waals surface area contributed by atoms with Crippen molar-refractivity contribution >= 4 is 17.5 Å². The minimum Gasteiger partial charge on any atom is -0.370 e. The zero-order valence-electron chi connectivity index (χ0n) is 12.0. The van der Waals surface area contributed by atoms with Gasteiger partial charge in [0.15, 0.2) is 0 Å². The molecule has 1 rings (SSSR count). The number of nitrogens with zero attached hydrogens (tertiary/aromatic N) is 2. The quantitative estimate of drug-likeness (QED) is 0.695. The summed E-state index contributed by atoms with van der Waals surface area (Å²) in [6.07, 6.45) is 1.02. The van der Waals surface area contributed by atoms with Gasteiger partial charge in [0.1, 0.15) is 23.5 Å². The van der Waals surface area contributed by atoms with Gasteiger partial charge in [0.2, 0.25) is 5.91 Å². The van der Waals surface area contributed by atoms with Crippen molar-refractivity contribution in [2.45, 2.75) is 40.2 Å². The van der Waals surface area contributed by atoms with E-state index in [1.807, 2.05) is 20.8 Å². The smallest absolute Gasteiger partial charge is 0.240 e. The molecule has 1 aromatic heterocycles. The van der Waals surface area contributed by atoms with Crippen molar-refractivity contribution in [1.82, 2.24) is 9.97 Å². The van der Waals surface area contributed by atoms with Gasteiger partial charge in [-0.05, 0) is 19.3 Å². The largest absolute Gasteiger partial charge is 0.370 e. The van der Waals surface area contributed by atoms with Crippen molar-refractivity contribution in [1.29, 1.82) is 0 Å². The fourth-order valence-electron chi connectivity index (χ4n) is 1.71. The molecule has 0 aliphatic carbocycles. The number of hydrogen-bond acceptors (Lipinski definition) is 5. The number of rotatable bonds is 7. The van der Waals surface area contributed by atoms with Gasteiger partial charge >= 0.3 is 0 Å². The van der Waals surface area contributed by atoms with Crippen molar-refractivity contribution in [3.8, 4) is 0 Å². The summed E-state index contributed by atoms with van der Waals surface area (Å²) in [4.78, 5) is 20.0. The Hall–Kier alpha value is -1.85. The molecule has 1 atom stereocenters. The van der Waals surface area contributed by atoms with Gasteiger partial charge in [-0.2, -0.15) is 0 Å². The molecule has 106 valence electrons. The Balaban J connectivity index is 2.87. The number of hydrogen-bond donors (Lipinski definition) is 3. The highest BCUT2D eigenvalue weighted by molar-refractivity contribution is 5.83. The van der Waals surface area contributed by atoms with Crippen LogP contribution in [0.4, 0.5) is 11.6 Å². The van der Waals surface area contributed by atoms with Crippen molar-refractivity contribution < 1.29 is 4.79 Å². The van der Waals surface area contributed by atoms with Crippen LogP contribution in [0.5, 0.6) is 0 Å². The third-order valence-electron chi connectivity index (χ3n) is 2.67. The second-order valence-corrected chi connectivity index (χ2v) is 4.88. The van der Waals surface area contributed by atoms with E-state index in [9.17, 15) is 4.79 Å². The Bertz CT molecular complexity index is 433. The predicted octanol–water partition coefficient (Wildman–Crippen LogP) is 1.53. The van der Waals surface area contributed by atoms with Crippen molar-refractivity contribution in [3.63, 3.8) is 0 Å². The molecule has 0 fully saturated rings. The van der Waals surface area contributed by atoms with Crippen LogP contribution < -0.4 is 16.4 Å². The van der Waals surface area contributed by atoms with Crippen LogP contribution >= 0.6 is 0 Å². The number of amides is 1. The molecule has 1 unspecified atom stereocenters. The zero-order valence-corrected chi connectivity index (χ0v) is 12.0. The third kappa shape index (κ3) is 4.73. The lowest BCUT2D eigenvalue weighted by molar-refractivity contribution is -0.119. The Morgan fingerprint density at radius 1 is 1.37 bits per heavy atom. The van der Waals surface area contributed by atoms with Gasteiger partial charge < -0.3 is 16.4 Å². The second-order valence-electron chi connectivity index (χ2n) is 4.88. The van der Waals surface area contributed by atoms with Gasteiger partial charge in [-0.1, -0.05) is 20.8 Å². The summed E-state index contributed by atoms with van der Waals surface area (Å²) in [5.74, 6) is 1.73. The Morgan fingerprint density at radius 3 is 2.53 bits per heavy atom. The molecule has 6 nitrogen and oxygen atoms in total.